The highest BCUT2D eigenvalue weighted by Gasteiger charge is 2.37. The Balaban J connectivity index is 1.50. The molecule has 0 bridgehead atoms. The van der Waals surface area contributed by atoms with E-state index in [9.17, 15) is 9.90 Å². The van der Waals surface area contributed by atoms with Crippen LogP contribution in [0.5, 0.6) is 0 Å². The molecule has 2 aromatic carbocycles. The molecule has 0 amide bonds. The third-order valence-corrected chi connectivity index (χ3v) is 6.40. The minimum atomic E-state index is -0.741. The van der Waals surface area contributed by atoms with Gasteiger partial charge in [0, 0.05) is 17.4 Å². The van der Waals surface area contributed by atoms with Crippen molar-refractivity contribution in [1.82, 2.24) is 20.1 Å². The molecule has 0 spiro atoms. The standard InChI is InChI=1S/C28H29N7O4/c1-16(11-12-29)23-33-25(39-35-23)20-14-30-27(34-24(20)32-22(15-36)17-7-5-4-6-8-17)31-18-9-10-19-21(13-18)28(2,3)38-26(19)37/h4-10,13-14,22,36H,1,11-12,15,29H2,2-3H3,(H2,30,31,32,34)/t22-/m1/s1. The highest BCUT2D eigenvalue weighted by Crippen LogP contribution is 2.38. The molecule has 0 unspecified atom stereocenters. The molecule has 0 aliphatic carbocycles. The van der Waals surface area contributed by atoms with Crippen molar-refractivity contribution in [1.29, 1.82) is 0 Å². The summed E-state index contributed by atoms with van der Waals surface area (Å²) in [6.07, 6.45) is 2.09. The number of cyclic esters (lactones) is 1. The Morgan fingerprint density at radius 1 is 1.15 bits per heavy atom. The number of nitrogens with zero attached hydrogens (tertiary/aromatic N) is 4. The lowest BCUT2D eigenvalue weighted by molar-refractivity contribution is 0.00954. The van der Waals surface area contributed by atoms with Gasteiger partial charge in [-0.25, -0.2) is 9.78 Å². The van der Waals surface area contributed by atoms with Gasteiger partial charge in [0.05, 0.1) is 18.2 Å². The number of hydrogen-bond donors (Lipinski definition) is 4. The number of aliphatic hydroxyl groups excluding tert-OH is 1. The summed E-state index contributed by atoms with van der Waals surface area (Å²) in [4.78, 5) is 25.8. The zero-order valence-electron chi connectivity index (χ0n) is 21.6. The lowest BCUT2D eigenvalue weighted by atomic mass is 9.95. The molecular formula is C28H29N7O4. The number of anilines is 3. The molecular weight excluding hydrogens is 498 g/mol. The predicted octanol–water partition coefficient (Wildman–Crippen LogP) is 4.18. The van der Waals surface area contributed by atoms with E-state index in [1.54, 1.807) is 18.3 Å². The van der Waals surface area contributed by atoms with Gasteiger partial charge in [0.1, 0.15) is 17.0 Å². The Kier molecular flexibility index (Phi) is 7.09. The van der Waals surface area contributed by atoms with Gasteiger partial charge < -0.3 is 30.7 Å². The SMILES string of the molecule is C=C(CCN)c1noc(-c2cnc(Nc3ccc4c(c3)C(C)(C)OC4=O)nc2N[C@H](CO)c2ccccc2)n1. The van der Waals surface area contributed by atoms with Crippen molar-refractivity contribution in [2.24, 2.45) is 5.73 Å². The number of benzene rings is 2. The van der Waals surface area contributed by atoms with Crippen LogP contribution in [0.3, 0.4) is 0 Å². The maximum atomic E-state index is 12.2. The largest absolute Gasteiger partial charge is 0.451 e. The maximum absolute atomic E-state index is 12.2. The normalized spacial score (nSPS) is 14.4. The molecule has 200 valence electrons. The monoisotopic (exact) mass is 527 g/mol. The summed E-state index contributed by atoms with van der Waals surface area (Å²) < 4.78 is 11.0. The molecule has 0 saturated carbocycles. The smallest absolute Gasteiger partial charge is 0.339 e. The molecule has 0 saturated heterocycles. The van der Waals surface area contributed by atoms with Crippen molar-refractivity contribution in [3.05, 3.63) is 83.8 Å². The summed E-state index contributed by atoms with van der Waals surface area (Å²) in [6.45, 7) is 7.87. The number of nitrogens with one attached hydrogen (secondary N) is 2. The number of carbonyl (C=O) groups is 1. The van der Waals surface area contributed by atoms with Crippen molar-refractivity contribution < 1.29 is 19.2 Å². The summed E-state index contributed by atoms with van der Waals surface area (Å²) in [5, 5.41) is 20.7. The number of aliphatic hydroxyl groups is 1. The van der Waals surface area contributed by atoms with E-state index in [0.29, 0.717) is 47.0 Å². The van der Waals surface area contributed by atoms with Crippen molar-refractivity contribution >= 4 is 29.0 Å². The third-order valence-electron chi connectivity index (χ3n) is 6.40. The van der Waals surface area contributed by atoms with Crippen LogP contribution < -0.4 is 16.4 Å². The zero-order valence-corrected chi connectivity index (χ0v) is 21.6. The number of nitrogens with two attached hydrogens (primary N) is 1. The van der Waals surface area contributed by atoms with Crippen LogP contribution in [0.15, 0.2) is 65.8 Å². The first-order valence-electron chi connectivity index (χ1n) is 12.5. The van der Waals surface area contributed by atoms with E-state index < -0.39 is 11.6 Å². The van der Waals surface area contributed by atoms with Gasteiger partial charge in [-0.15, -0.1) is 0 Å². The second kappa shape index (κ2) is 10.6. The second-order valence-corrected chi connectivity index (χ2v) is 9.60. The predicted molar refractivity (Wildman–Crippen MR) is 146 cm³/mol. The Hall–Kier alpha value is -4.61. The number of ether oxygens (including phenoxy) is 1. The summed E-state index contributed by atoms with van der Waals surface area (Å²) >= 11 is 0. The number of carbonyl (C=O) groups excluding carboxylic acids is 1. The lowest BCUT2D eigenvalue weighted by Gasteiger charge is -2.20. The molecule has 2 aromatic heterocycles. The van der Waals surface area contributed by atoms with E-state index >= 15 is 0 Å². The Morgan fingerprint density at radius 2 is 1.95 bits per heavy atom. The molecule has 5 N–H and O–H groups in total. The molecule has 1 atom stereocenters. The van der Waals surface area contributed by atoms with Gasteiger partial charge in [0.2, 0.25) is 5.95 Å². The fourth-order valence-corrected chi connectivity index (χ4v) is 4.32. The van der Waals surface area contributed by atoms with E-state index in [1.807, 2.05) is 50.2 Å². The summed E-state index contributed by atoms with van der Waals surface area (Å²) in [5.74, 6) is 0.841. The molecule has 11 nitrogen and oxygen atoms in total. The average molecular weight is 528 g/mol. The van der Waals surface area contributed by atoms with Crippen LogP contribution >= 0.6 is 0 Å². The first-order chi connectivity index (χ1) is 18.8. The fraction of sp³-hybridized carbons (Fsp3) is 0.250. The first kappa shape index (κ1) is 26.0. The van der Waals surface area contributed by atoms with Crippen molar-refractivity contribution in [3.63, 3.8) is 0 Å². The molecule has 5 rings (SSSR count). The van der Waals surface area contributed by atoms with E-state index in [1.165, 1.54) is 0 Å². The summed E-state index contributed by atoms with van der Waals surface area (Å²) in [5.41, 5.74) is 8.84. The van der Waals surface area contributed by atoms with Crippen LogP contribution in [0.4, 0.5) is 17.5 Å². The van der Waals surface area contributed by atoms with Gasteiger partial charge in [-0.3, -0.25) is 0 Å². The van der Waals surface area contributed by atoms with E-state index in [-0.39, 0.29) is 24.4 Å². The second-order valence-electron chi connectivity index (χ2n) is 9.60. The molecule has 39 heavy (non-hydrogen) atoms. The minimum Gasteiger partial charge on any atom is -0.451 e. The van der Waals surface area contributed by atoms with E-state index in [4.69, 9.17) is 15.0 Å². The van der Waals surface area contributed by atoms with Crippen molar-refractivity contribution in [3.8, 4) is 11.5 Å². The molecule has 0 radical (unpaired) electrons. The number of hydrogen-bond acceptors (Lipinski definition) is 11. The van der Waals surface area contributed by atoms with E-state index in [0.717, 1.165) is 11.1 Å². The quantitative estimate of drug-likeness (QED) is 0.219. The van der Waals surface area contributed by atoms with E-state index in [2.05, 4.69) is 37.3 Å². The number of aromatic nitrogens is 4. The van der Waals surface area contributed by atoms with Crippen LogP contribution in [0.25, 0.3) is 17.0 Å². The van der Waals surface area contributed by atoms with Crippen molar-refractivity contribution in [2.75, 3.05) is 23.8 Å². The van der Waals surface area contributed by atoms with Gasteiger partial charge in [-0.05, 0) is 56.1 Å². The zero-order chi connectivity index (χ0) is 27.6. The Morgan fingerprint density at radius 3 is 2.69 bits per heavy atom. The van der Waals surface area contributed by atoms with Crippen LogP contribution in [0, 0.1) is 0 Å². The first-order valence-corrected chi connectivity index (χ1v) is 12.5. The molecule has 11 heteroatoms. The van der Waals surface area contributed by atoms with Gasteiger partial charge in [0.25, 0.3) is 5.89 Å². The van der Waals surface area contributed by atoms with Crippen molar-refractivity contribution in [2.45, 2.75) is 31.9 Å². The van der Waals surface area contributed by atoms with Crippen LogP contribution in [0.2, 0.25) is 0 Å². The molecule has 1 aliphatic heterocycles. The fourth-order valence-electron chi connectivity index (χ4n) is 4.32. The molecule has 1 aliphatic rings. The lowest BCUT2D eigenvalue weighted by Crippen LogP contribution is -2.17. The molecule has 4 aromatic rings. The van der Waals surface area contributed by atoms with Gasteiger partial charge in [0.15, 0.2) is 5.82 Å². The Labute approximate surface area is 225 Å². The van der Waals surface area contributed by atoms with Gasteiger partial charge in [-0.2, -0.15) is 9.97 Å². The number of fused-ring (bicyclic) bond motifs is 1. The highest BCUT2D eigenvalue weighted by molar-refractivity contribution is 5.95. The van der Waals surface area contributed by atoms with Gasteiger partial charge in [-0.1, -0.05) is 42.1 Å². The average Bonchev–Trinajstić information content (AvgIpc) is 3.50. The highest BCUT2D eigenvalue weighted by atomic mass is 16.6. The molecule has 3 heterocycles. The minimum absolute atomic E-state index is 0.188. The van der Waals surface area contributed by atoms with Crippen LogP contribution in [-0.2, 0) is 10.3 Å². The maximum Gasteiger partial charge on any atom is 0.339 e. The topological polar surface area (TPSA) is 161 Å². The Bertz CT molecular complexity index is 1520. The number of rotatable bonds is 10. The molecule has 0 fully saturated rings. The van der Waals surface area contributed by atoms with Gasteiger partial charge >= 0.3 is 5.97 Å². The third kappa shape index (κ3) is 5.35. The summed E-state index contributed by atoms with van der Waals surface area (Å²) in [6, 6.07) is 14.4. The van der Waals surface area contributed by atoms with Crippen LogP contribution in [-0.4, -0.2) is 44.3 Å². The summed E-state index contributed by atoms with van der Waals surface area (Å²) in [7, 11) is 0. The van der Waals surface area contributed by atoms with Crippen LogP contribution in [0.1, 0.15) is 53.6 Å². The number of esters is 1.